The summed E-state index contributed by atoms with van der Waals surface area (Å²) < 4.78 is 0. The van der Waals surface area contributed by atoms with Gasteiger partial charge in [0.05, 0.1) is 0 Å². The summed E-state index contributed by atoms with van der Waals surface area (Å²) in [6.07, 6.45) is 0.768. The van der Waals surface area contributed by atoms with Crippen molar-refractivity contribution in [2.24, 2.45) is 5.92 Å². The van der Waals surface area contributed by atoms with Crippen LogP contribution in [0.15, 0.2) is 0 Å². The highest BCUT2D eigenvalue weighted by Gasteiger charge is 2.33. The minimum Gasteiger partial charge on any atom is -0.480 e. The van der Waals surface area contributed by atoms with Crippen LogP contribution in [-0.4, -0.2) is 59.4 Å². The lowest BCUT2D eigenvalue weighted by Gasteiger charge is -2.31. The summed E-state index contributed by atoms with van der Waals surface area (Å²) in [7, 11) is 3.16. The van der Waals surface area contributed by atoms with Gasteiger partial charge in [0, 0.05) is 33.0 Å². The minimum atomic E-state index is -1.04. The number of piperidine rings is 1. The predicted octanol–water partition coefficient (Wildman–Crippen LogP) is -0.214. The molecule has 0 bridgehead atoms. The Morgan fingerprint density at radius 1 is 1.53 bits per heavy atom. The summed E-state index contributed by atoms with van der Waals surface area (Å²) in [6.45, 7) is 2.00. The summed E-state index contributed by atoms with van der Waals surface area (Å²) in [6, 6.07) is -0.864. The molecule has 0 aliphatic carbocycles. The number of hydrogen-bond donors (Lipinski definition) is 1. The lowest BCUT2D eigenvalue weighted by Crippen LogP contribution is -2.47. The number of carboxylic acid groups (broad SMARTS) is 1. The first-order valence-electron chi connectivity index (χ1n) is 5.58. The second-order valence-corrected chi connectivity index (χ2v) is 4.47. The second-order valence-electron chi connectivity index (χ2n) is 4.47. The van der Waals surface area contributed by atoms with E-state index in [1.54, 1.807) is 11.9 Å². The van der Waals surface area contributed by atoms with Crippen LogP contribution in [0.1, 0.15) is 19.8 Å². The van der Waals surface area contributed by atoms with Gasteiger partial charge in [0.15, 0.2) is 0 Å². The highest BCUT2D eigenvalue weighted by molar-refractivity contribution is 5.89. The van der Waals surface area contributed by atoms with Crippen molar-refractivity contribution in [1.29, 1.82) is 0 Å². The maximum atomic E-state index is 12.0. The van der Waals surface area contributed by atoms with Crippen molar-refractivity contribution in [3.05, 3.63) is 0 Å². The van der Waals surface area contributed by atoms with Crippen LogP contribution in [0, 0.1) is 5.92 Å². The summed E-state index contributed by atoms with van der Waals surface area (Å²) in [5, 5.41) is 8.82. The van der Waals surface area contributed by atoms with Crippen LogP contribution in [0.4, 0.5) is 0 Å². The van der Waals surface area contributed by atoms with Crippen molar-refractivity contribution >= 4 is 17.8 Å². The van der Waals surface area contributed by atoms with Crippen molar-refractivity contribution < 1.29 is 19.5 Å². The molecule has 1 aliphatic rings. The van der Waals surface area contributed by atoms with Gasteiger partial charge in [-0.05, 0) is 13.3 Å². The van der Waals surface area contributed by atoms with Crippen LogP contribution in [-0.2, 0) is 14.4 Å². The second kappa shape index (κ2) is 5.16. The molecular formula is C11H18N2O4. The van der Waals surface area contributed by atoms with Crippen LogP contribution < -0.4 is 0 Å². The van der Waals surface area contributed by atoms with Crippen molar-refractivity contribution in [3.63, 3.8) is 0 Å². The first-order valence-corrected chi connectivity index (χ1v) is 5.58. The Labute approximate surface area is 100 Å². The van der Waals surface area contributed by atoms with Crippen LogP contribution in [0.5, 0.6) is 0 Å². The van der Waals surface area contributed by atoms with E-state index in [9.17, 15) is 14.4 Å². The van der Waals surface area contributed by atoms with E-state index >= 15 is 0 Å². The van der Waals surface area contributed by atoms with Crippen molar-refractivity contribution in [3.8, 4) is 0 Å². The molecule has 2 atom stereocenters. The van der Waals surface area contributed by atoms with Gasteiger partial charge >= 0.3 is 5.97 Å². The zero-order valence-corrected chi connectivity index (χ0v) is 10.3. The van der Waals surface area contributed by atoms with Gasteiger partial charge in [-0.25, -0.2) is 4.79 Å². The summed E-state index contributed by atoms with van der Waals surface area (Å²) in [4.78, 5) is 37.0. The Bertz CT molecular complexity index is 342. The number of likely N-dealkylation sites (N-methyl/N-ethyl adjacent to an activating group) is 1. The molecular weight excluding hydrogens is 224 g/mol. The predicted molar refractivity (Wildman–Crippen MR) is 60.2 cm³/mol. The molecule has 0 unspecified atom stereocenters. The standard InChI is InChI=1S/C11H18N2O4/c1-7(11(16)17)13(3)10(15)8-4-5-12(2)9(14)6-8/h7-8H,4-6H2,1-3H3,(H,16,17)/t7-,8-/m1/s1. The molecule has 17 heavy (non-hydrogen) atoms. The van der Waals surface area contributed by atoms with Gasteiger partial charge in [-0.15, -0.1) is 0 Å². The SMILES string of the molecule is C[C@H](C(=O)O)N(C)C(=O)[C@@H]1CCN(C)C(=O)C1. The average Bonchev–Trinajstić information content (AvgIpc) is 2.29. The smallest absolute Gasteiger partial charge is 0.326 e. The first-order chi connectivity index (χ1) is 7.84. The number of amides is 2. The molecule has 0 spiro atoms. The summed E-state index contributed by atoms with van der Waals surface area (Å²) in [5.41, 5.74) is 0. The molecule has 1 heterocycles. The molecule has 0 radical (unpaired) electrons. The van der Waals surface area contributed by atoms with Gasteiger partial charge < -0.3 is 14.9 Å². The number of carbonyl (C=O) groups excluding carboxylic acids is 2. The Hall–Kier alpha value is -1.59. The van der Waals surface area contributed by atoms with Gasteiger partial charge in [-0.3, -0.25) is 9.59 Å². The third-order valence-electron chi connectivity index (χ3n) is 3.29. The first kappa shape index (κ1) is 13.5. The Kier molecular flexibility index (Phi) is 4.09. The van der Waals surface area contributed by atoms with Crippen molar-refractivity contribution in [2.75, 3.05) is 20.6 Å². The molecule has 1 N–H and O–H groups in total. The number of rotatable bonds is 3. The van der Waals surface area contributed by atoms with Gasteiger partial charge in [0.1, 0.15) is 6.04 Å². The van der Waals surface area contributed by atoms with E-state index in [1.165, 1.54) is 18.9 Å². The van der Waals surface area contributed by atoms with E-state index in [0.717, 1.165) is 0 Å². The van der Waals surface area contributed by atoms with Crippen molar-refractivity contribution in [1.82, 2.24) is 9.80 Å². The Morgan fingerprint density at radius 2 is 2.12 bits per heavy atom. The maximum absolute atomic E-state index is 12.0. The normalized spacial score (nSPS) is 22.2. The number of aliphatic carboxylic acids is 1. The fourth-order valence-corrected chi connectivity index (χ4v) is 1.80. The quantitative estimate of drug-likeness (QED) is 0.742. The van der Waals surface area contributed by atoms with E-state index in [-0.39, 0.29) is 24.2 Å². The molecule has 1 saturated heterocycles. The minimum absolute atomic E-state index is 0.0639. The van der Waals surface area contributed by atoms with E-state index in [4.69, 9.17) is 5.11 Å². The van der Waals surface area contributed by atoms with Gasteiger partial charge in [-0.1, -0.05) is 0 Å². The molecule has 0 aromatic heterocycles. The number of carbonyl (C=O) groups is 3. The molecule has 1 rings (SSSR count). The van der Waals surface area contributed by atoms with E-state index in [1.807, 2.05) is 0 Å². The van der Waals surface area contributed by atoms with Crippen LogP contribution >= 0.6 is 0 Å². The van der Waals surface area contributed by atoms with Crippen LogP contribution in [0.2, 0.25) is 0 Å². The number of hydrogen-bond acceptors (Lipinski definition) is 3. The van der Waals surface area contributed by atoms with E-state index in [0.29, 0.717) is 13.0 Å². The lowest BCUT2D eigenvalue weighted by molar-refractivity contribution is -0.152. The molecule has 1 fully saturated rings. The average molecular weight is 242 g/mol. The molecule has 1 aliphatic heterocycles. The molecule has 96 valence electrons. The number of nitrogens with zero attached hydrogens (tertiary/aromatic N) is 2. The Balaban J connectivity index is 2.64. The number of carboxylic acids is 1. The monoisotopic (exact) mass is 242 g/mol. The lowest BCUT2D eigenvalue weighted by atomic mass is 9.94. The largest absolute Gasteiger partial charge is 0.480 e. The highest BCUT2D eigenvalue weighted by Crippen LogP contribution is 2.20. The summed E-state index contributed by atoms with van der Waals surface area (Å²) >= 11 is 0. The molecule has 6 nitrogen and oxygen atoms in total. The van der Waals surface area contributed by atoms with Crippen LogP contribution in [0.25, 0.3) is 0 Å². The number of likely N-dealkylation sites (tertiary alicyclic amines) is 1. The molecule has 2 amide bonds. The third-order valence-corrected chi connectivity index (χ3v) is 3.29. The Morgan fingerprint density at radius 3 is 2.59 bits per heavy atom. The topological polar surface area (TPSA) is 77.9 Å². The van der Waals surface area contributed by atoms with Gasteiger partial charge in [0.25, 0.3) is 0 Å². The molecule has 6 heteroatoms. The summed E-state index contributed by atoms with van der Waals surface area (Å²) in [5.74, 6) is -1.75. The fraction of sp³-hybridized carbons (Fsp3) is 0.727. The molecule has 0 saturated carbocycles. The zero-order chi connectivity index (χ0) is 13.2. The van der Waals surface area contributed by atoms with Gasteiger partial charge in [-0.2, -0.15) is 0 Å². The molecule has 0 aromatic carbocycles. The highest BCUT2D eigenvalue weighted by atomic mass is 16.4. The fourth-order valence-electron chi connectivity index (χ4n) is 1.80. The zero-order valence-electron chi connectivity index (χ0n) is 10.3. The van der Waals surface area contributed by atoms with E-state index < -0.39 is 12.0 Å². The molecule has 0 aromatic rings. The third kappa shape index (κ3) is 2.95. The van der Waals surface area contributed by atoms with Crippen LogP contribution in [0.3, 0.4) is 0 Å². The van der Waals surface area contributed by atoms with E-state index in [2.05, 4.69) is 0 Å². The van der Waals surface area contributed by atoms with Crippen molar-refractivity contribution in [2.45, 2.75) is 25.8 Å². The maximum Gasteiger partial charge on any atom is 0.326 e. The van der Waals surface area contributed by atoms with Gasteiger partial charge in [0.2, 0.25) is 11.8 Å².